The number of nitrogens with one attached hydrogen (secondary N) is 1. The lowest BCUT2D eigenvalue weighted by Gasteiger charge is -2.14. The monoisotopic (exact) mass is 406 g/mol. The van der Waals surface area contributed by atoms with Gasteiger partial charge in [-0.3, -0.25) is 4.79 Å². The zero-order chi connectivity index (χ0) is 21.2. The number of ether oxygens (including phenoxy) is 2. The first-order chi connectivity index (χ1) is 13.1. The summed E-state index contributed by atoms with van der Waals surface area (Å²) in [6.45, 7) is 10.2. The van der Waals surface area contributed by atoms with Gasteiger partial charge in [-0.05, 0) is 58.7 Å². The summed E-state index contributed by atoms with van der Waals surface area (Å²) in [4.78, 5) is 44.4. The topological polar surface area (TPSA) is 98.4 Å². The van der Waals surface area contributed by atoms with Gasteiger partial charge in [-0.2, -0.15) is 0 Å². The first-order valence-corrected chi connectivity index (χ1v) is 9.21. The standard InChI is InChI=1S/C20H23ClN2O5/c1-7-27-19(25)15-11(4)16(23-12(15)5)17(24)13(6)28-20(26)14-9(2)8-10(3)22-18(14)21/h8,13,23H,7H2,1-6H3/t13-/m1/s1. The molecule has 0 radical (unpaired) electrons. The highest BCUT2D eigenvalue weighted by Gasteiger charge is 2.28. The molecule has 0 fully saturated rings. The minimum Gasteiger partial charge on any atom is -0.462 e. The summed E-state index contributed by atoms with van der Waals surface area (Å²) in [6.07, 6.45) is -1.09. The number of aromatic amines is 1. The van der Waals surface area contributed by atoms with Gasteiger partial charge >= 0.3 is 11.9 Å². The maximum atomic E-state index is 12.8. The molecule has 28 heavy (non-hydrogen) atoms. The van der Waals surface area contributed by atoms with E-state index in [1.807, 2.05) is 0 Å². The molecule has 0 amide bonds. The lowest BCUT2D eigenvalue weighted by atomic mass is 10.1. The first-order valence-electron chi connectivity index (χ1n) is 8.83. The number of esters is 2. The van der Waals surface area contributed by atoms with E-state index in [1.54, 1.807) is 40.7 Å². The number of hydrogen-bond acceptors (Lipinski definition) is 6. The van der Waals surface area contributed by atoms with Crippen LogP contribution in [0.25, 0.3) is 0 Å². The highest BCUT2D eigenvalue weighted by Crippen LogP contribution is 2.23. The normalized spacial score (nSPS) is 11.8. The number of carbonyl (C=O) groups is 3. The van der Waals surface area contributed by atoms with Crippen molar-refractivity contribution in [2.24, 2.45) is 0 Å². The molecule has 0 saturated heterocycles. The maximum absolute atomic E-state index is 12.8. The fraction of sp³-hybridized carbons (Fsp3) is 0.400. The molecular formula is C20H23ClN2O5. The molecule has 150 valence electrons. The summed E-state index contributed by atoms with van der Waals surface area (Å²) in [5, 5.41) is 0.0265. The minimum absolute atomic E-state index is 0.0265. The van der Waals surface area contributed by atoms with Gasteiger partial charge in [0.2, 0.25) is 5.78 Å². The van der Waals surface area contributed by atoms with Gasteiger partial charge < -0.3 is 14.5 Å². The Morgan fingerprint density at radius 1 is 1.14 bits per heavy atom. The van der Waals surface area contributed by atoms with E-state index in [0.717, 1.165) is 0 Å². The number of hydrogen-bond donors (Lipinski definition) is 1. The number of aryl methyl sites for hydroxylation is 3. The Kier molecular flexibility index (Phi) is 6.61. The van der Waals surface area contributed by atoms with Crippen LogP contribution >= 0.6 is 11.6 Å². The van der Waals surface area contributed by atoms with Gasteiger partial charge in [0.15, 0.2) is 6.10 Å². The molecule has 1 atom stereocenters. The third-order valence-electron chi connectivity index (χ3n) is 4.32. The average molecular weight is 407 g/mol. The number of aromatic nitrogens is 2. The lowest BCUT2D eigenvalue weighted by Crippen LogP contribution is -2.26. The molecular weight excluding hydrogens is 384 g/mol. The minimum atomic E-state index is -1.09. The molecule has 0 aliphatic rings. The molecule has 2 rings (SSSR count). The van der Waals surface area contributed by atoms with Gasteiger partial charge in [0.05, 0.1) is 23.4 Å². The van der Waals surface area contributed by atoms with E-state index in [1.165, 1.54) is 6.92 Å². The van der Waals surface area contributed by atoms with Crippen molar-refractivity contribution >= 4 is 29.3 Å². The van der Waals surface area contributed by atoms with Gasteiger partial charge in [-0.1, -0.05) is 11.6 Å². The molecule has 2 aromatic heterocycles. The second kappa shape index (κ2) is 8.56. The first kappa shape index (κ1) is 21.6. The summed E-state index contributed by atoms with van der Waals surface area (Å²) in [5.74, 6) is -1.70. The van der Waals surface area contributed by atoms with Crippen LogP contribution in [0, 0.1) is 27.7 Å². The molecule has 2 heterocycles. The predicted octanol–water partition coefficient (Wildman–Crippen LogP) is 3.90. The molecule has 0 saturated carbocycles. The number of pyridine rings is 1. The number of nitrogens with zero attached hydrogens (tertiary/aromatic N) is 1. The zero-order valence-corrected chi connectivity index (χ0v) is 17.5. The molecule has 0 aliphatic carbocycles. The summed E-state index contributed by atoms with van der Waals surface area (Å²) < 4.78 is 10.3. The predicted molar refractivity (Wildman–Crippen MR) is 104 cm³/mol. The lowest BCUT2D eigenvalue weighted by molar-refractivity contribution is 0.0315. The third-order valence-corrected chi connectivity index (χ3v) is 4.59. The van der Waals surface area contributed by atoms with Crippen molar-refractivity contribution in [1.82, 2.24) is 9.97 Å². The summed E-state index contributed by atoms with van der Waals surface area (Å²) in [7, 11) is 0. The van der Waals surface area contributed by atoms with Crippen LogP contribution in [-0.2, 0) is 9.47 Å². The number of H-pyrrole nitrogens is 1. The number of halogens is 1. The van der Waals surface area contributed by atoms with Crippen LogP contribution in [-0.4, -0.2) is 40.4 Å². The van der Waals surface area contributed by atoms with Crippen molar-refractivity contribution < 1.29 is 23.9 Å². The van der Waals surface area contributed by atoms with E-state index >= 15 is 0 Å². The van der Waals surface area contributed by atoms with E-state index in [0.29, 0.717) is 28.1 Å². The van der Waals surface area contributed by atoms with Gasteiger partial charge in [0.1, 0.15) is 5.15 Å². The van der Waals surface area contributed by atoms with Gasteiger partial charge in [0.25, 0.3) is 0 Å². The molecule has 0 aliphatic heterocycles. The molecule has 1 N–H and O–H groups in total. The maximum Gasteiger partial charge on any atom is 0.342 e. The Bertz CT molecular complexity index is 925. The van der Waals surface area contributed by atoms with Gasteiger partial charge in [0, 0.05) is 11.4 Å². The molecule has 2 aromatic rings. The Labute approximate surface area is 168 Å². The second-order valence-corrected chi connectivity index (χ2v) is 6.86. The molecule has 0 bridgehead atoms. The highest BCUT2D eigenvalue weighted by atomic mass is 35.5. The van der Waals surface area contributed by atoms with Crippen LogP contribution in [0.4, 0.5) is 0 Å². The van der Waals surface area contributed by atoms with Crippen molar-refractivity contribution in [2.45, 2.75) is 47.6 Å². The Hall–Kier alpha value is -2.67. The number of rotatable bonds is 6. The van der Waals surface area contributed by atoms with E-state index in [-0.39, 0.29) is 23.0 Å². The Balaban J connectivity index is 2.25. The van der Waals surface area contributed by atoms with Crippen LogP contribution in [0.1, 0.15) is 67.6 Å². The van der Waals surface area contributed by atoms with E-state index in [4.69, 9.17) is 21.1 Å². The van der Waals surface area contributed by atoms with E-state index in [2.05, 4.69) is 9.97 Å². The highest BCUT2D eigenvalue weighted by molar-refractivity contribution is 6.32. The Morgan fingerprint density at radius 2 is 1.79 bits per heavy atom. The third kappa shape index (κ3) is 4.25. The summed E-state index contributed by atoms with van der Waals surface area (Å²) in [6, 6.07) is 1.71. The van der Waals surface area contributed by atoms with Crippen LogP contribution in [0.2, 0.25) is 5.15 Å². The fourth-order valence-electron chi connectivity index (χ4n) is 3.02. The number of ketones is 1. The van der Waals surface area contributed by atoms with E-state index in [9.17, 15) is 14.4 Å². The number of carbonyl (C=O) groups excluding carboxylic acids is 3. The second-order valence-electron chi connectivity index (χ2n) is 6.50. The fourth-order valence-corrected chi connectivity index (χ4v) is 3.38. The molecule has 7 nitrogen and oxygen atoms in total. The van der Waals surface area contributed by atoms with Crippen LogP contribution < -0.4 is 0 Å². The van der Waals surface area contributed by atoms with Gasteiger partial charge in [-0.25, -0.2) is 14.6 Å². The van der Waals surface area contributed by atoms with Crippen molar-refractivity contribution in [1.29, 1.82) is 0 Å². The summed E-state index contributed by atoms with van der Waals surface area (Å²) >= 11 is 6.07. The van der Waals surface area contributed by atoms with E-state index < -0.39 is 23.8 Å². The van der Waals surface area contributed by atoms with Crippen LogP contribution in [0.5, 0.6) is 0 Å². The quantitative estimate of drug-likeness (QED) is 0.443. The summed E-state index contributed by atoms with van der Waals surface area (Å²) in [5.41, 5.74) is 2.88. The Morgan fingerprint density at radius 3 is 2.36 bits per heavy atom. The van der Waals surface area contributed by atoms with Gasteiger partial charge in [-0.15, -0.1) is 0 Å². The van der Waals surface area contributed by atoms with Crippen molar-refractivity contribution in [3.63, 3.8) is 0 Å². The molecule has 8 heteroatoms. The SMILES string of the molecule is CCOC(=O)c1c(C)[nH]c(C(=O)[C@@H](C)OC(=O)c2c(C)cc(C)nc2Cl)c1C. The molecule has 0 spiro atoms. The van der Waals surface area contributed by atoms with Crippen LogP contribution in [0.15, 0.2) is 6.07 Å². The largest absolute Gasteiger partial charge is 0.462 e. The molecule has 0 unspecified atom stereocenters. The zero-order valence-electron chi connectivity index (χ0n) is 16.7. The smallest absolute Gasteiger partial charge is 0.342 e. The van der Waals surface area contributed by atoms with Crippen LogP contribution in [0.3, 0.4) is 0 Å². The number of Topliss-reactive ketones (excluding diaryl/α,β-unsaturated/α-hetero) is 1. The van der Waals surface area contributed by atoms with Crippen molar-refractivity contribution in [3.05, 3.63) is 50.6 Å². The van der Waals surface area contributed by atoms with Crippen molar-refractivity contribution in [3.8, 4) is 0 Å². The van der Waals surface area contributed by atoms with Crippen molar-refractivity contribution in [2.75, 3.05) is 6.61 Å². The average Bonchev–Trinajstić information content (AvgIpc) is 2.87. The molecule has 0 aromatic carbocycles.